The van der Waals surface area contributed by atoms with Gasteiger partial charge in [0.25, 0.3) is 0 Å². The van der Waals surface area contributed by atoms with Crippen molar-refractivity contribution >= 4 is 17.9 Å². The lowest BCUT2D eigenvalue weighted by atomic mass is 10.1. The van der Waals surface area contributed by atoms with Crippen LogP contribution in [0.2, 0.25) is 0 Å². The highest BCUT2D eigenvalue weighted by molar-refractivity contribution is 5.67. The minimum atomic E-state index is -0.557. The highest BCUT2D eigenvalue weighted by atomic mass is 19.1. The maximum atomic E-state index is 14.0. The summed E-state index contributed by atoms with van der Waals surface area (Å²) in [6.45, 7) is 9.69. The largest absolute Gasteiger partial charge is 0.443 e. The minimum absolute atomic E-state index is 0.456. The molecule has 0 aliphatic carbocycles. The van der Waals surface area contributed by atoms with Gasteiger partial charge in [0.1, 0.15) is 17.2 Å². The molecule has 178 valence electrons. The summed E-state index contributed by atoms with van der Waals surface area (Å²) >= 11 is 0. The third kappa shape index (κ3) is 8.14. The van der Waals surface area contributed by atoms with Crippen molar-refractivity contribution in [3.63, 3.8) is 0 Å². The molecule has 0 unspecified atom stereocenters. The van der Waals surface area contributed by atoms with E-state index in [0.717, 1.165) is 31.3 Å². The van der Waals surface area contributed by atoms with Gasteiger partial charge in [0.15, 0.2) is 0 Å². The molecule has 1 aliphatic rings. The molecule has 1 fully saturated rings. The molecular formula is C25H32F2N4O2. The number of piperazine rings is 1. The fraction of sp³-hybridized carbons (Fsp3) is 0.400. The molecular weight excluding hydrogens is 426 g/mol. The molecule has 1 amide bonds. The molecule has 0 aromatic heterocycles. The number of amides is 1. The van der Waals surface area contributed by atoms with E-state index in [2.05, 4.69) is 27.9 Å². The number of hydrazine groups is 1. The molecule has 1 heterocycles. The summed E-state index contributed by atoms with van der Waals surface area (Å²) in [6, 6.07) is 12.0. The predicted molar refractivity (Wildman–Crippen MR) is 127 cm³/mol. The molecule has 1 saturated heterocycles. The van der Waals surface area contributed by atoms with Crippen LogP contribution in [-0.2, 0) is 11.3 Å². The molecule has 0 atom stereocenters. The van der Waals surface area contributed by atoms with E-state index in [1.807, 2.05) is 50.0 Å². The molecule has 6 nitrogen and oxygen atoms in total. The second-order valence-electron chi connectivity index (χ2n) is 9.01. The van der Waals surface area contributed by atoms with Gasteiger partial charge in [-0.25, -0.2) is 19.0 Å². The topological polar surface area (TPSA) is 56.8 Å². The Labute approximate surface area is 194 Å². The first-order valence-corrected chi connectivity index (χ1v) is 11.1. The molecule has 0 saturated carbocycles. The molecule has 33 heavy (non-hydrogen) atoms. The van der Waals surface area contributed by atoms with Crippen LogP contribution in [0.5, 0.6) is 0 Å². The second kappa shape index (κ2) is 11.2. The summed E-state index contributed by atoms with van der Waals surface area (Å²) in [6.07, 6.45) is 3.40. The summed E-state index contributed by atoms with van der Waals surface area (Å²) < 4.78 is 32.4. The molecule has 0 bridgehead atoms. The van der Waals surface area contributed by atoms with Crippen LogP contribution in [0.3, 0.4) is 0 Å². The van der Waals surface area contributed by atoms with E-state index >= 15 is 0 Å². The van der Waals surface area contributed by atoms with E-state index in [1.165, 1.54) is 17.7 Å². The number of rotatable bonds is 7. The SMILES string of the molecule is CC(C)(C)OC(=O)NNC/C=C/c1cccc(CN2CCN(c3ccc(F)cc3F)CC2)c1. The smallest absolute Gasteiger partial charge is 0.422 e. The molecule has 2 aromatic rings. The van der Waals surface area contributed by atoms with Crippen molar-refractivity contribution in [2.45, 2.75) is 32.9 Å². The summed E-state index contributed by atoms with van der Waals surface area (Å²) in [7, 11) is 0. The average Bonchev–Trinajstić information content (AvgIpc) is 2.73. The normalized spacial score (nSPS) is 15.1. The monoisotopic (exact) mass is 458 g/mol. The van der Waals surface area contributed by atoms with Gasteiger partial charge in [-0.05, 0) is 44.0 Å². The standard InChI is InChI=1S/C25H32F2N4O2/c1-25(2,3)33-24(32)29-28-11-5-8-19-6-4-7-20(16-19)18-30-12-14-31(15-13-30)23-10-9-21(26)17-22(23)27/h4-10,16-17,28H,11-15,18H2,1-3H3,(H,29,32)/b8-5+. The number of halogens is 2. The van der Waals surface area contributed by atoms with Crippen LogP contribution in [0.25, 0.3) is 6.08 Å². The van der Waals surface area contributed by atoms with Crippen molar-refractivity contribution in [3.05, 3.63) is 71.3 Å². The summed E-state index contributed by atoms with van der Waals surface area (Å²) in [5.74, 6) is -1.07. The van der Waals surface area contributed by atoms with Crippen LogP contribution in [0.15, 0.2) is 48.5 Å². The van der Waals surface area contributed by atoms with Crippen molar-refractivity contribution in [1.29, 1.82) is 0 Å². The summed E-state index contributed by atoms with van der Waals surface area (Å²) in [5, 5.41) is 0. The molecule has 0 radical (unpaired) electrons. The lowest BCUT2D eigenvalue weighted by Gasteiger charge is -2.36. The second-order valence-corrected chi connectivity index (χ2v) is 9.01. The molecule has 3 rings (SSSR count). The number of carbonyl (C=O) groups excluding carboxylic acids is 1. The highest BCUT2D eigenvalue weighted by Gasteiger charge is 2.20. The van der Waals surface area contributed by atoms with Crippen molar-refractivity contribution in [3.8, 4) is 0 Å². The van der Waals surface area contributed by atoms with E-state index in [4.69, 9.17) is 4.74 Å². The molecule has 0 spiro atoms. The first kappa shape index (κ1) is 24.7. The van der Waals surface area contributed by atoms with E-state index in [9.17, 15) is 13.6 Å². The predicted octanol–water partition coefficient (Wildman–Crippen LogP) is 4.33. The lowest BCUT2D eigenvalue weighted by Crippen LogP contribution is -2.46. The van der Waals surface area contributed by atoms with E-state index in [0.29, 0.717) is 25.3 Å². The zero-order chi connectivity index (χ0) is 23.8. The van der Waals surface area contributed by atoms with Gasteiger partial charge < -0.3 is 9.64 Å². The third-order valence-electron chi connectivity index (χ3n) is 5.10. The number of anilines is 1. The molecule has 8 heteroatoms. The average molecular weight is 459 g/mol. The van der Waals surface area contributed by atoms with Gasteiger partial charge in [-0.2, -0.15) is 0 Å². The Balaban J connectivity index is 1.44. The number of nitrogens with one attached hydrogen (secondary N) is 2. The van der Waals surface area contributed by atoms with Gasteiger partial charge >= 0.3 is 6.09 Å². The van der Waals surface area contributed by atoms with Crippen molar-refractivity contribution in [2.24, 2.45) is 0 Å². The van der Waals surface area contributed by atoms with Crippen LogP contribution in [0, 0.1) is 11.6 Å². The molecule has 2 aromatic carbocycles. The minimum Gasteiger partial charge on any atom is -0.443 e. The zero-order valence-electron chi connectivity index (χ0n) is 19.4. The first-order valence-electron chi connectivity index (χ1n) is 11.1. The maximum Gasteiger partial charge on any atom is 0.422 e. The zero-order valence-corrected chi connectivity index (χ0v) is 19.4. The van der Waals surface area contributed by atoms with Crippen LogP contribution in [-0.4, -0.2) is 49.3 Å². The maximum absolute atomic E-state index is 14.0. The van der Waals surface area contributed by atoms with Gasteiger partial charge in [-0.3, -0.25) is 10.3 Å². The van der Waals surface area contributed by atoms with Gasteiger partial charge in [0.05, 0.1) is 5.69 Å². The quantitative estimate of drug-likeness (QED) is 0.478. The Kier molecular flexibility index (Phi) is 8.41. The number of carbonyl (C=O) groups is 1. The highest BCUT2D eigenvalue weighted by Crippen LogP contribution is 2.22. The first-order chi connectivity index (χ1) is 15.7. The number of nitrogens with zero attached hydrogens (tertiary/aromatic N) is 2. The van der Waals surface area contributed by atoms with Gasteiger partial charge in [-0.15, -0.1) is 0 Å². The summed E-state index contributed by atoms with van der Waals surface area (Å²) in [5.41, 5.74) is 7.49. The van der Waals surface area contributed by atoms with Gasteiger partial charge in [0, 0.05) is 45.3 Å². The Morgan fingerprint density at radius 1 is 1.09 bits per heavy atom. The number of ether oxygens (including phenoxy) is 1. The Hall–Kier alpha value is -2.97. The Bertz CT molecular complexity index is 967. The molecule has 1 aliphatic heterocycles. The lowest BCUT2D eigenvalue weighted by molar-refractivity contribution is 0.0501. The van der Waals surface area contributed by atoms with E-state index < -0.39 is 23.3 Å². The third-order valence-corrected chi connectivity index (χ3v) is 5.10. The number of hydrogen-bond donors (Lipinski definition) is 2. The van der Waals surface area contributed by atoms with Crippen LogP contribution < -0.4 is 15.8 Å². The fourth-order valence-corrected chi connectivity index (χ4v) is 3.62. The van der Waals surface area contributed by atoms with Crippen LogP contribution in [0.1, 0.15) is 31.9 Å². The van der Waals surface area contributed by atoms with Crippen LogP contribution in [0.4, 0.5) is 19.3 Å². The Morgan fingerprint density at radius 3 is 2.55 bits per heavy atom. The van der Waals surface area contributed by atoms with Crippen LogP contribution >= 0.6 is 0 Å². The number of hydrogen-bond acceptors (Lipinski definition) is 5. The van der Waals surface area contributed by atoms with Crippen molar-refractivity contribution < 1.29 is 18.3 Å². The molecule has 2 N–H and O–H groups in total. The van der Waals surface area contributed by atoms with Crippen molar-refractivity contribution in [2.75, 3.05) is 37.6 Å². The fourth-order valence-electron chi connectivity index (χ4n) is 3.62. The van der Waals surface area contributed by atoms with Crippen molar-refractivity contribution in [1.82, 2.24) is 15.8 Å². The summed E-state index contributed by atoms with van der Waals surface area (Å²) in [4.78, 5) is 15.9. The van der Waals surface area contributed by atoms with E-state index in [-0.39, 0.29) is 0 Å². The number of benzene rings is 2. The van der Waals surface area contributed by atoms with E-state index in [1.54, 1.807) is 0 Å². The van der Waals surface area contributed by atoms with Gasteiger partial charge in [-0.1, -0.05) is 36.4 Å². The Morgan fingerprint density at radius 2 is 1.85 bits per heavy atom. The van der Waals surface area contributed by atoms with Gasteiger partial charge in [0.2, 0.25) is 0 Å².